The van der Waals surface area contributed by atoms with Crippen LogP contribution in [0.25, 0.3) is 0 Å². The molecule has 1 aliphatic rings. The van der Waals surface area contributed by atoms with Crippen LogP contribution in [-0.2, 0) is 16.1 Å². The fourth-order valence-corrected chi connectivity index (χ4v) is 1.88. The summed E-state index contributed by atoms with van der Waals surface area (Å²) in [5.74, 6) is -0.244. The summed E-state index contributed by atoms with van der Waals surface area (Å²) in [7, 11) is 1.56. The molecule has 92 valence electrons. The van der Waals surface area contributed by atoms with Crippen LogP contribution in [0.3, 0.4) is 0 Å². The van der Waals surface area contributed by atoms with Crippen molar-refractivity contribution in [1.29, 1.82) is 0 Å². The van der Waals surface area contributed by atoms with E-state index in [9.17, 15) is 4.79 Å². The molecule has 0 aliphatic carbocycles. The summed E-state index contributed by atoms with van der Waals surface area (Å²) in [4.78, 5) is 11.0. The average molecular weight is 238 g/mol. The predicted molar refractivity (Wildman–Crippen MR) is 59.3 cm³/mol. The first-order valence-electron chi connectivity index (χ1n) is 5.28. The summed E-state index contributed by atoms with van der Waals surface area (Å²) in [6.45, 7) is 2.11. The summed E-state index contributed by atoms with van der Waals surface area (Å²) < 4.78 is 15.7. The molecule has 0 saturated heterocycles. The Kier molecular flexibility index (Phi) is 3.19. The van der Waals surface area contributed by atoms with E-state index >= 15 is 0 Å². The first-order chi connectivity index (χ1) is 8.15. The van der Waals surface area contributed by atoms with Crippen LogP contribution in [-0.4, -0.2) is 25.0 Å². The van der Waals surface area contributed by atoms with Crippen LogP contribution in [0.1, 0.15) is 24.0 Å². The lowest BCUT2D eigenvalue weighted by molar-refractivity contribution is -0.138. The van der Waals surface area contributed by atoms with Crippen molar-refractivity contribution in [3.8, 4) is 11.5 Å². The number of fused-ring (bicyclic) bond motifs is 1. The van der Waals surface area contributed by atoms with E-state index in [4.69, 9.17) is 19.3 Å². The molecule has 0 bridgehead atoms. The number of aliphatic carboxylic acids is 1. The molecule has 2 rings (SSSR count). The van der Waals surface area contributed by atoms with Gasteiger partial charge in [0.15, 0.2) is 11.5 Å². The Hall–Kier alpha value is -1.75. The number of carboxylic acid groups (broad SMARTS) is 1. The molecule has 1 heterocycles. The van der Waals surface area contributed by atoms with Crippen molar-refractivity contribution in [1.82, 2.24) is 0 Å². The number of carboxylic acids is 1. The Labute approximate surface area is 98.9 Å². The molecule has 5 nitrogen and oxygen atoms in total. The number of methoxy groups -OCH3 is 1. The largest absolute Gasteiger partial charge is 0.481 e. The van der Waals surface area contributed by atoms with Crippen molar-refractivity contribution in [3.05, 3.63) is 23.3 Å². The molecule has 1 aromatic carbocycles. The lowest BCUT2D eigenvalue weighted by Crippen LogP contribution is -2.11. The standard InChI is InChI=1S/C12H14O5/c1-7(12(13)14)8-3-4-10-11(17-6-16-10)9(8)5-15-2/h3-4,7H,5-6H2,1-2H3,(H,13,14). The molecule has 0 amide bonds. The first-order valence-corrected chi connectivity index (χ1v) is 5.28. The zero-order valence-corrected chi connectivity index (χ0v) is 9.73. The minimum Gasteiger partial charge on any atom is -0.481 e. The van der Waals surface area contributed by atoms with Crippen LogP contribution in [0, 0.1) is 0 Å². The van der Waals surface area contributed by atoms with Gasteiger partial charge in [-0.05, 0) is 18.6 Å². The third-order valence-corrected chi connectivity index (χ3v) is 2.80. The molecule has 5 heteroatoms. The smallest absolute Gasteiger partial charge is 0.310 e. The van der Waals surface area contributed by atoms with E-state index < -0.39 is 11.9 Å². The zero-order valence-electron chi connectivity index (χ0n) is 9.73. The predicted octanol–water partition coefficient (Wildman–Crippen LogP) is 1.75. The van der Waals surface area contributed by atoms with E-state index in [1.165, 1.54) is 0 Å². The first kappa shape index (κ1) is 11.7. The number of ether oxygens (including phenoxy) is 3. The van der Waals surface area contributed by atoms with Crippen LogP contribution >= 0.6 is 0 Å². The molecule has 0 fully saturated rings. The Bertz CT molecular complexity index is 441. The highest BCUT2D eigenvalue weighted by Gasteiger charge is 2.25. The van der Waals surface area contributed by atoms with Gasteiger partial charge in [0.1, 0.15) is 0 Å². The van der Waals surface area contributed by atoms with Crippen molar-refractivity contribution >= 4 is 5.97 Å². The Morgan fingerprint density at radius 3 is 2.94 bits per heavy atom. The van der Waals surface area contributed by atoms with Gasteiger partial charge in [0.25, 0.3) is 0 Å². The summed E-state index contributed by atoms with van der Waals surface area (Å²) >= 11 is 0. The SMILES string of the molecule is COCc1c(C(C)C(=O)O)ccc2c1OCO2. The highest BCUT2D eigenvalue weighted by atomic mass is 16.7. The fraction of sp³-hybridized carbons (Fsp3) is 0.417. The number of hydrogen-bond acceptors (Lipinski definition) is 4. The van der Waals surface area contributed by atoms with Gasteiger partial charge in [0, 0.05) is 12.7 Å². The summed E-state index contributed by atoms with van der Waals surface area (Å²) in [6.07, 6.45) is 0. The number of carbonyl (C=O) groups is 1. The third kappa shape index (κ3) is 2.06. The Balaban J connectivity index is 2.48. The maximum Gasteiger partial charge on any atom is 0.310 e. The average Bonchev–Trinajstić information content (AvgIpc) is 2.77. The lowest BCUT2D eigenvalue weighted by Gasteiger charge is -2.14. The maximum absolute atomic E-state index is 11.0. The second-order valence-electron chi connectivity index (χ2n) is 3.86. The number of rotatable bonds is 4. The highest BCUT2D eigenvalue weighted by molar-refractivity contribution is 5.77. The van der Waals surface area contributed by atoms with Crippen molar-refractivity contribution in [3.63, 3.8) is 0 Å². The maximum atomic E-state index is 11.0. The monoisotopic (exact) mass is 238 g/mol. The lowest BCUT2D eigenvalue weighted by atomic mass is 9.95. The molecule has 0 saturated carbocycles. The zero-order chi connectivity index (χ0) is 12.4. The van der Waals surface area contributed by atoms with Crippen LogP contribution in [0.4, 0.5) is 0 Å². The Morgan fingerprint density at radius 1 is 1.53 bits per heavy atom. The van der Waals surface area contributed by atoms with Crippen molar-refractivity contribution < 1.29 is 24.1 Å². The molecule has 1 unspecified atom stereocenters. The van der Waals surface area contributed by atoms with E-state index in [1.54, 1.807) is 26.2 Å². The molecule has 0 aromatic heterocycles. The van der Waals surface area contributed by atoms with Gasteiger partial charge in [-0.3, -0.25) is 4.79 Å². The second kappa shape index (κ2) is 4.63. The van der Waals surface area contributed by atoms with Crippen LogP contribution in [0.2, 0.25) is 0 Å². The molecule has 0 spiro atoms. The van der Waals surface area contributed by atoms with Gasteiger partial charge < -0.3 is 19.3 Å². The number of hydrogen-bond donors (Lipinski definition) is 1. The van der Waals surface area contributed by atoms with Crippen molar-refractivity contribution in [2.24, 2.45) is 0 Å². The number of benzene rings is 1. The van der Waals surface area contributed by atoms with E-state index in [1.807, 2.05) is 0 Å². The van der Waals surface area contributed by atoms with Gasteiger partial charge >= 0.3 is 5.97 Å². The molecule has 1 aromatic rings. The molecular weight excluding hydrogens is 224 g/mol. The fourth-order valence-electron chi connectivity index (χ4n) is 1.88. The summed E-state index contributed by atoms with van der Waals surface area (Å²) in [5.41, 5.74) is 1.45. The van der Waals surface area contributed by atoms with Crippen molar-refractivity contribution in [2.45, 2.75) is 19.4 Å². The van der Waals surface area contributed by atoms with E-state index in [2.05, 4.69) is 0 Å². The van der Waals surface area contributed by atoms with Crippen LogP contribution < -0.4 is 9.47 Å². The van der Waals surface area contributed by atoms with E-state index in [-0.39, 0.29) is 6.79 Å². The molecule has 1 aliphatic heterocycles. The third-order valence-electron chi connectivity index (χ3n) is 2.80. The van der Waals surface area contributed by atoms with Gasteiger partial charge in [0.05, 0.1) is 12.5 Å². The van der Waals surface area contributed by atoms with Gasteiger partial charge in [-0.25, -0.2) is 0 Å². The van der Waals surface area contributed by atoms with Crippen LogP contribution in [0.5, 0.6) is 11.5 Å². The molecular formula is C12H14O5. The van der Waals surface area contributed by atoms with Crippen LogP contribution in [0.15, 0.2) is 12.1 Å². The highest BCUT2D eigenvalue weighted by Crippen LogP contribution is 2.40. The Morgan fingerprint density at radius 2 is 2.29 bits per heavy atom. The second-order valence-corrected chi connectivity index (χ2v) is 3.86. The molecule has 1 N–H and O–H groups in total. The minimum absolute atomic E-state index is 0.164. The van der Waals surface area contributed by atoms with Gasteiger partial charge in [0.2, 0.25) is 6.79 Å². The topological polar surface area (TPSA) is 65.0 Å². The normalized spacial score (nSPS) is 14.7. The van der Waals surface area contributed by atoms with E-state index in [0.29, 0.717) is 23.7 Å². The van der Waals surface area contributed by atoms with E-state index in [0.717, 1.165) is 5.56 Å². The minimum atomic E-state index is -0.874. The molecule has 17 heavy (non-hydrogen) atoms. The quantitative estimate of drug-likeness (QED) is 0.865. The van der Waals surface area contributed by atoms with Crippen molar-refractivity contribution in [2.75, 3.05) is 13.9 Å². The van der Waals surface area contributed by atoms with Gasteiger partial charge in [-0.2, -0.15) is 0 Å². The van der Waals surface area contributed by atoms with Gasteiger partial charge in [-0.1, -0.05) is 6.07 Å². The summed E-state index contributed by atoms with van der Waals surface area (Å²) in [6, 6.07) is 3.48. The van der Waals surface area contributed by atoms with Gasteiger partial charge in [-0.15, -0.1) is 0 Å². The molecule has 0 radical (unpaired) electrons. The molecule has 1 atom stereocenters. The summed E-state index contributed by atoms with van der Waals surface area (Å²) in [5, 5.41) is 9.06.